The molecule has 1 atom stereocenters. The molecule has 0 aliphatic carbocycles. The molecule has 5 heteroatoms. The smallest absolute Gasteiger partial charge is 0.243 e. The van der Waals surface area contributed by atoms with Gasteiger partial charge < -0.3 is 9.84 Å². The van der Waals surface area contributed by atoms with Crippen LogP contribution in [0.5, 0.6) is 0 Å². The number of anilines is 1. The van der Waals surface area contributed by atoms with Crippen molar-refractivity contribution in [2.75, 3.05) is 5.32 Å². The Labute approximate surface area is 132 Å². The van der Waals surface area contributed by atoms with Gasteiger partial charge in [0.2, 0.25) is 5.91 Å². The van der Waals surface area contributed by atoms with Gasteiger partial charge in [0.25, 0.3) is 0 Å². The normalized spacial score (nSPS) is 11.8. The van der Waals surface area contributed by atoms with Crippen LogP contribution in [0.4, 0.5) is 5.82 Å². The molecular formula is C17H14N2O2S. The Morgan fingerprint density at radius 2 is 1.68 bits per heavy atom. The van der Waals surface area contributed by atoms with E-state index in [-0.39, 0.29) is 11.2 Å². The van der Waals surface area contributed by atoms with Gasteiger partial charge in [-0.1, -0.05) is 53.7 Å². The Kier molecular flexibility index (Phi) is 4.56. The molecule has 0 unspecified atom stereocenters. The topological polar surface area (TPSA) is 55.1 Å². The number of amides is 1. The van der Waals surface area contributed by atoms with E-state index in [1.807, 2.05) is 60.7 Å². The lowest BCUT2D eigenvalue weighted by atomic mass is 10.1. The number of nitrogens with one attached hydrogen (secondary N) is 1. The molecule has 0 aliphatic rings. The first-order valence-corrected chi connectivity index (χ1v) is 7.69. The number of rotatable bonds is 5. The summed E-state index contributed by atoms with van der Waals surface area (Å²) >= 11 is 1.50. The first-order valence-electron chi connectivity index (χ1n) is 6.81. The van der Waals surface area contributed by atoms with Crippen LogP contribution >= 0.6 is 11.8 Å². The Morgan fingerprint density at radius 3 is 2.32 bits per heavy atom. The standard InChI is InChI=1S/C17H14N2O2S/c20-17(18-15-11-12-21-19-15)16(13-7-3-1-4-8-13)22-14-9-5-2-6-10-14/h1-12,16H,(H,18,19,20)/t16-/m0/s1. The van der Waals surface area contributed by atoms with E-state index in [1.54, 1.807) is 6.07 Å². The number of nitrogens with zero attached hydrogens (tertiary/aromatic N) is 1. The molecule has 0 bridgehead atoms. The fourth-order valence-electron chi connectivity index (χ4n) is 2.00. The molecule has 4 nitrogen and oxygen atoms in total. The number of hydrogen-bond donors (Lipinski definition) is 1. The molecule has 22 heavy (non-hydrogen) atoms. The lowest BCUT2D eigenvalue weighted by Gasteiger charge is -2.16. The molecule has 0 saturated heterocycles. The van der Waals surface area contributed by atoms with Gasteiger partial charge in [0, 0.05) is 11.0 Å². The number of thioether (sulfide) groups is 1. The Balaban J connectivity index is 1.84. The molecule has 1 heterocycles. The number of carbonyl (C=O) groups is 1. The molecule has 3 rings (SSSR count). The maximum Gasteiger partial charge on any atom is 0.243 e. The fraction of sp³-hybridized carbons (Fsp3) is 0.0588. The van der Waals surface area contributed by atoms with Crippen LogP contribution in [-0.2, 0) is 4.79 Å². The van der Waals surface area contributed by atoms with Crippen molar-refractivity contribution >= 4 is 23.5 Å². The molecular weight excluding hydrogens is 296 g/mol. The summed E-state index contributed by atoms with van der Waals surface area (Å²) < 4.78 is 4.75. The highest BCUT2D eigenvalue weighted by atomic mass is 32.2. The van der Waals surface area contributed by atoms with E-state index in [0.29, 0.717) is 5.82 Å². The van der Waals surface area contributed by atoms with Crippen LogP contribution in [0, 0.1) is 0 Å². The van der Waals surface area contributed by atoms with Gasteiger partial charge in [0.15, 0.2) is 5.82 Å². The minimum Gasteiger partial charge on any atom is -0.363 e. The van der Waals surface area contributed by atoms with Crippen LogP contribution in [0.1, 0.15) is 10.8 Å². The van der Waals surface area contributed by atoms with Gasteiger partial charge in [0.05, 0.1) is 0 Å². The van der Waals surface area contributed by atoms with Crippen LogP contribution in [0.15, 0.2) is 82.4 Å². The van der Waals surface area contributed by atoms with Gasteiger partial charge in [-0.05, 0) is 17.7 Å². The molecule has 0 saturated carbocycles. The molecule has 110 valence electrons. The summed E-state index contributed by atoms with van der Waals surface area (Å²) in [6.45, 7) is 0. The average molecular weight is 310 g/mol. The highest BCUT2D eigenvalue weighted by Gasteiger charge is 2.22. The molecule has 0 fully saturated rings. The number of benzene rings is 2. The van der Waals surface area contributed by atoms with E-state index in [9.17, 15) is 4.79 Å². The maximum atomic E-state index is 12.6. The summed E-state index contributed by atoms with van der Waals surface area (Å²) in [5.41, 5.74) is 0.942. The largest absolute Gasteiger partial charge is 0.363 e. The molecule has 0 spiro atoms. The van der Waals surface area contributed by atoms with Gasteiger partial charge >= 0.3 is 0 Å². The zero-order valence-electron chi connectivity index (χ0n) is 11.7. The first-order chi connectivity index (χ1) is 10.8. The third-order valence-corrected chi connectivity index (χ3v) is 4.29. The summed E-state index contributed by atoms with van der Waals surface area (Å²) in [7, 11) is 0. The van der Waals surface area contributed by atoms with E-state index in [4.69, 9.17) is 4.52 Å². The molecule has 1 N–H and O–H groups in total. The Bertz CT molecular complexity index is 715. The van der Waals surface area contributed by atoms with Crippen molar-refractivity contribution in [3.05, 3.63) is 78.6 Å². The van der Waals surface area contributed by atoms with Crippen molar-refractivity contribution in [1.29, 1.82) is 0 Å². The van der Waals surface area contributed by atoms with Gasteiger partial charge in [-0.25, -0.2) is 0 Å². The van der Waals surface area contributed by atoms with Crippen molar-refractivity contribution in [2.24, 2.45) is 0 Å². The van der Waals surface area contributed by atoms with Crippen molar-refractivity contribution < 1.29 is 9.32 Å². The molecule has 0 radical (unpaired) electrons. The van der Waals surface area contributed by atoms with Gasteiger partial charge in [0.1, 0.15) is 11.5 Å². The van der Waals surface area contributed by atoms with E-state index >= 15 is 0 Å². The second-order valence-corrected chi connectivity index (χ2v) is 5.77. The van der Waals surface area contributed by atoms with Crippen LogP contribution in [0.3, 0.4) is 0 Å². The SMILES string of the molecule is O=C(Nc1ccon1)[C@@H](Sc1ccccc1)c1ccccc1. The highest BCUT2D eigenvalue weighted by molar-refractivity contribution is 8.00. The third-order valence-electron chi connectivity index (χ3n) is 3.03. The molecule has 1 amide bonds. The molecule has 3 aromatic rings. The summed E-state index contributed by atoms with van der Waals surface area (Å²) in [4.78, 5) is 13.6. The van der Waals surface area contributed by atoms with Crippen LogP contribution < -0.4 is 5.32 Å². The summed E-state index contributed by atoms with van der Waals surface area (Å²) in [5.74, 6) is 0.286. The number of aromatic nitrogens is 1. The van der Waals surface area contributed by atoms with Crippen LogP contribution in [-0.4, -0.2) is 11.1 Å². The van der Waals surface area contributed by atoms with Gasteiger partial charge in [-0.2, -0.15) is 0 Å². The van der Waals surface area contributed by atoms with Crippen molar-refractivity contribution in [2.45, 2.75) is 10.1 Å². The van der Waals surface area contributed by atoms with Crippen molar-refractivity contribution in [3.63, 3.8) is 0 Å². The van der Waals surface area contributed by atoms with E-state index in [1.165, 1.54) is 18.0 Å². The minimum absolute atomic E-state index is 0.131. The van der Waals surface area contributed by atoms with Crippen molar-refractivity contribution in [1.82, 2.24) is 5.16 Å². The second-order valence-electron chi connectivity index (χ2n) is 4.60. The zero-order valence-corrected chi connectivity index (χ0v) is 12.5. The van der Waals surface area contributed by atoms with E-state index in [0.717, 1.165) is 10.5 Å². The highest BCUT2D eigenvalue weighted by Crippen LogP contribution is 2.35. The lowest BCUT2D eigenvalue weighted by Crippen LogP contribution is -2.19. The molecule has 1 aromatic heterocycles. The second kappa shape index (κ2) is 6.95. The first kappa shape index (κ1) is 14.4. The Morgan fingerprint density at radius 1 is 1.00 bits per heavy atom. The van der Waals surface area contributed by atoms with Gasteiger partial charge in [-0.15, -0.1) is 11.8 Å². The van der Waals surface area contributed by atoms with Crippen molar-refractivity contribution in [3.8, 4) is 0 Å². The predicted molar refractivity (Wildman–Crippen MR) is 86.6 cm³/mol. The van der Waals surface area contributed by atoms with Gasteiger partial charge in [-0.3, -0.25) is 4.79 Å². The molecule has 0 aliphatic heterocycles. The summed E-state index contributed by atoms with van der Waals surface area (Å²) in [6.07, 6.45) is 1.43. The quantitative estimate of drug-likeness (QED) is 0.719. The molecule has 2 aromatic carbocycles. The van der Waals surface area contributed by atoms with E-state index in [2.05, 4.69) is 10.5 Å². The van der Waals surface area contributed by atoms with E-state index < -0.39 is 0 Å². The average Bonchev–Trinajstić information content (AvgIpc) is 3.07. The maximum absolute atomic E-state index is 12.6. The fourth-order valence-corrected chi connectivity index (χ4v) is 3.05. The number of carbonyl (C=O) groups excluding carboxylic acids is 1. The van der Waals surface area contributed by atoms with Crippen LogP contribution in [0.25, 0.3) is 0 Å². The summed E-state index contributed by atoms with van der Waals surface area (Å²) in [6, 6.07) is 21.2. The number of hydrogen-bond acceptors (Lipinski definition) is 4. The third kappa shape index (κ3) is 3.56. The zero-order chi connectivity index (χ0) is 15.2. The predicted octanol–water partition coefficient (Wildman–Crippen LogP) is 4.15. The monoisotopic (exact) mass is 310 g/mol. The Hall–Kier alpha value is -2.53. The minimum atomic E-state index is -0.361. The van der Waals surface area contributed by atoms with Crippen LogP contribution in [0.2, 0.25) is 0 Å². The lowest BCUT2D eigenvalue weighted by molar-refractivity contribution is -0.115. The summed E-state index contributed by atoms with van der Waals surface area (Å²) in [5, 5.41) is 6.14.